The van der Waals surface area contributed by atoms with Crippen molar-refractivity contribution < 1.29 is 13.6 Å². The largest absolute Gasteiger partial charge is 0.443 e. The van der Waals surface area contributed by atoms with Crippen molar-refractivity contribution in [2.75, 3.05) is 6.54 Å². The van der Waals surface area contributed by atoms with Gasteiger partial charge in [0.15, 0.2) is 0 Å². The van der Waals surface area contributed by atoms with E-state index in [9.17, 15) is 9.18 Å². The molecule has 6 nitrogen and oxygen atoms in total. The molecular weight excluding hydrogens is 335 g/mol. The first-order valence-electron chi connectivity index (χ1n) is 8.48. The molecule has 4 rings (SSSR count). The second-order valence-corrected chi connectivity index (χ2v) is 6.20. The zero-order valence-electron chi connectivity index (χ0n) is 14.0. The lowest BCUT2D eigenvalue weighted by molar-refractivity contribution is 0.0702. The van der Waals surface area contributed by atoms with E-state index >= 15 is 0 Å². The Hall–Kier alpha value is -3.09. The highest BCUT2D eigenvalue weighted by molar-refractivity contribution is 5.90. The van der Waals surface area contributed by atoms with Gasteiger partial charge in [-0.3, -0.25) is 4.79 Å². The van der Waals surface area contributed by atoms with Gasteiger partial charge in [0.1, 0.15) is 17.6 Å². The first-order chi connectivity index (χ1) is 12.7. The summed E-state index contributed by atoms with van der Waals surface area (Å²) in [5.74, 6) is 0.893. The van der Waals surface area contributed by atoms with Gasteiger partial charge >= 0.3 is 0 Å². The van der Waals surface area contributed by atoms with Gasteiger partial charge in [0, 0.05) is 25.4 Å². The van der Waals surface area contributed by atoms with Crippen molar-refractivity contribution in [1.29, 1.82) is 0 Å². The number of benzene rings is 1. The van der Waals surface area contributed by atoms with Crippen molar-refractivity contribution in [2.24, 2.45) is 0 Å². The fourth-order valence-electron chi connectivity index (χ4n) is 3.17. The summed E-state index contributed by atoms with van der Waals surface area (Å²) in [7, 11) is 0. The van der Waals surface area contributed by atoms with E-state index in [0.29, 0.717) is 24.6 Å². The second-order valence-electron chi connectivity index (χ2n) is 6.20. The highest BCUT2D eigenvalue weighted by Gasteiger charge is 2.34. The van der Waals surface area contributed by atoms with E-state index in [0.717, 1.165) is 18.4 Å². The fraction of sp³-hybridized carbons (Fsp3) is 0.263. The molecule has 0 bridgehead atoms. The zero-order valence-corrected chi connectivity index (χ0v) is 14.0. The van der Waals surface area contributed by atoms with E-state index in [4.69, 9.17) is 4.42 Å². The molecule has 1 aliphatic rings. The number of oxazole rings is 1. The monoisotopic (exact) mass is 352 g/mol. The van der Waals surface area contributed by atoms with Crippen LogP contribution in [0.1, 0.15) is 46.7 Å². The summed E-state index contributed by atoms with van der Waals surface area (Å²) in [5, 5.41) is 0. The molecule has 0 radical (unpaired) electrons. The van der Waals surface area contributed by atoms with Gasteiger partial charge in [0.2, 0.25) is 11.7 Å². The highest BCUT2D eigenvalue weighted by Crippen LogP contribution is 2.32. The predicted octanol–water partition coefficient (Wildman–Crippen LogP) is 3.17. The van der Waals surface area contributed by atoms with Crippen LogP contribution < -0.4 is 0 Å². The molecule has 0 spiro atoms. The molecule has 3 aromatic rings. The van der Waals surface area contributed by atoms with Crippen LogP contribution in [0.2, 0.25) is 0 Å². The van der Waals surface area contributed by atoms with Gasteiger partial charge in [-0.2, -0.15) is 0 Å². The molecule has 1 atom stereocenters. The van der Waals surface area contributed by atoms with Crippen molar-refractivity contribution >= 4 is 5.91 Å². The number of aromatic nitrogens is 3. The quantitative estimate of drug-likeness (QED) is 0.721. The Morgan fingerprint density at radius 3 is 2.73 bits per heavy atom. The summed E-state index contributed by atoms with van der Waals surface area (Å²) in [6, 6.07) is 7.74. The minimum absolute atomic E-state index is 0.178. The summed E-state index contributed by atoms with van der Waals surface area (Å²) >= 11 is 0. The maximum atomic E-state index is 13.0. The van der Waals surface area contributed by atoms with Gasteiger partial charge < -0.3 is 9.32 Å². The first kappa shape index (κ1) is 16.4. The van der Waals surface area contributed by atoms with Gasteiger partial charge in [-0.25, -0.2) is 19.3 Å². The minimum atomic E-state index is -0.268. The van der Waals surface area contributed by atoms with Gasteiger partial charge in [-0.05, 0) is 36.6 Å². The van der Waals surface area contributed by atoms with Crippen LogP contribution in [0.25, 0.3) is 0 Å². The number of amides is 1. The summed E-state index contributed by atoms with van der Waals surface area (Å²) in [6.45, 7) is 0.622. The SMILES string of the molecule is O=C(c1ncccn1)N1CCC[C@@H]1c1ncc(Cc2ccc(F)cc2)o1. The number of hydrogen-bond acceptors (Lipinski definition) is 5. The molecule has 0 saturated carbocycles. The topological polar surface area (TPSA) is 72.1 Å². The maximum Gasteiger partial charge on any atom is 0.292 e. The third-order valence-corrected chi connectivity index (χ3v) is 4.42. The zero-order chi connectivity index (χ0) is 17.9. The third kappa shape index (κ3) is 3.33. The molecular formula is C19H17FN4O2. The van der Waals surface area contributed by atoms with Crippen LogP contribution in [0, 0.1) is 5.82 Å². The number of carbonyl (C=O) groups is 1. The van der Waals surface area contributed by atoms with E-state index in [1.165, 1.54) is 12.1 Å². The van der Waals surface area contributed by atoms with E-state index < -0.39 is 0 Å². The number of rotatable bonds is 4. The predicted molar refractivity (Wildman–Crippen MR) is 90.8 cm³/mol. The van der Waals surface area contributed by atoms with Crippen LogP contribution in [0.15, 0.2) is 53.3 Å². The Kier molecular flexibility index (Phi) is 4.43. The second kappa shape index (κ2) is 7.03. The number of likely N-dealkylation sites (tertiary alicyclic amines) is 1. The number of hydrogen-bond donors (Lipinski definition) is 0. The molecule has 1 saturated heterocycles. The Morgan fingerprint density at radius 1 is 1.19 bits per heavy atom. The molecule has 1 amide bonds. The Balaban J connectivity index is 1.51. The molecule has 3 heterocycles. The Morgan fingerprint density at radius 2 is 1.96 bits per heavy atom. The normalized spacial score (nSPS) is 16.8. The molecule has 7 heteroatoms. The maximum absolute atomic E-state index is 13.0. The average Bonchev–Trinajstić information content (AvgIpc) is 3.33. The van der Waals surface area contributed by atoms with Crippen molar-refractivity contribution in [3.63, 3.8) is 0 Å². The Labute approximate surface area is 149 Å². The van der Waals surface area contributed by atoms with Crippen LogP contribution in [0.3, 0.4) is 0 Å². The van der Waals surface area contributed by atoms with Gasteiger partial charge in [-0.15, -0.1) is 0 Å². The highest BCUT2D eigenvalue weighted by atomic mass is 19.1. The fourth-order valence-corrected chi connectivity index (χ4v) is 3.17. The molecule has 1 aliphatic heterocycles. The molecule has 132 valence electrons. The van der Waals surface area contributed by atoms with Gasteiger partial charge in [0.25, 0.3) is 5.91 Å². The summed E-state index contributed by atoms with van der Waals surface area (Å²) in [6.07, 6.45) is 6.96. The first-order valence-corrected chi connectivity index (χ1v) is 8.48. The summed E-state index contributed by atoms with van der Waals surface area (Å²) < 4.78 is 18.9. The standard InChI is InChI=1S/C19H17FN4O2/c20-14-6-4-13(5-7-14)11-15-12-23-18(26-15)16-3-1-10-24(16)19(25)17-21-8-2-9-22-17/h2,4-9,12,16H,1,3,10-11H2/t16-/m1/s1. The lowest BCUT2D eigenvalue weighted by atomic mass is 10.1. The van der Waals surface area contributed by atoms with E-state index in [1.54, 1.807) is 41.7 Å². The molecule has 2 aromatic heterocycles. The lowest BCUT2D eigenvalue weighted by Gasteiger charge is -2.21. The molecule has 0 aliphatic carbocycles. The number of nitrogens with zero attached hydrogens (tertiary/aromatic N) is 4. The minimum Gasteiger partial charge on any atom is -0.443 e. The molecule has 1 fully saturated rings. The van der Waals surface area contributed by atoms with Crippen molar-refractivity contribution in [3.8, 4) is 0 Å². The lowest BCUT2D eigenvalue weighted by Crippen LogP contribution is -2.32. The van der Waals surface area contributed by atoms with E-state index in [-0.39, 0.29) is 23.6 Å². The van der Waals surface area contributed by atoms with Crippen molar-refractivity contribution in [1.82, 2.24) is 19.9 Å². The van der Waals surface area contributed by atoms with Gasteiger partial charge in [-0.1, -0.05) is 12.1 Å². The third-order valence-electron chi connectivity index (χ3n) is 4.42. The number of carbonyl (C=O) groups excluding carboxylic acids is 1. The van der Waals surface area contributed by atoms with E-state index in [1.807, 2.05) is 0 Å². The molecule has 1 aromatic carbocycles. The van der Waals surface area contributed by atoms with Crippen LogP contribution in [0.4, 0.5) is 4.39 Å². The molecule has 0 N–H and O–H groups in total. The average molecular weight is 352 g/mol. The van der Waals surface area contributed by atoms with Crippen LogP contribution in [-0.2, 0) is 6.42 Å². The molecule has 0 unspecified atom stereocenters. The number of halogens is 1. The van der Waals surface area contributed by atoms with Crippen LogP contribution in [-0.4, -0.2) is 32.3 Å². The van der Waals surface area contributed by atoms with Crippen molar-refractivity contribution in [2.45, 2.75) is 25.3 Å². The van der Waals surface area contributed by atoms with Gasteiger partial charge in [0.05, 0.1) is 6.20 Å². The van der Waals surface area contributed by atoms with Crippen LogP contribution >= 0.6 is 0 Å². The Bertz CT molecular complexity index is 895. The summed E-state index contributed by atoms with van der Waals surface area (Å²) in [4.78, 5) is 26.8. The molecule has 26 heavy (non-hydrogen) atoms. The van der Waals surface area contributed by atoms with E-state index in [2.05, 4.69) is 15.0 Å². The summed E-state index contributed by atoms with van der Waals surface area (Å²) in [5.41, 5.74) is 0.936. The smallest absolute Gasteiger partial charge is 0.292 e. The van der Waals surface area contributed by atoms with Crippen LogP contribution in [0.5, 0.6) is 0 Å². The van der Waals surface area contributed by atoms with Crippen molar-refractivity contribution in [3.05, 3.63) is 77.8 Å².